The number of H-pyrrole nitrogens is 1. The van der Waals surface area contributed by atoms with Crippen molar-refractivity contribution in [2.24, 2.45) is 0 Å². The van der Waals surface area contributed by atoms with Crippen LogP contribution in [0.15, 0.2) is 42.5 Å². The van der Waals surface area contributed by atoms with Crippen LogP contribution in [0.3, 0.4) is 0 Å². The van der Waals surface area contributed by atoms with Gasteiger partial charge in [-0.2, -0.15) is 0 Å². The molecule has 0 saturated carbocycles. The molecule has 0 atom stereocenters. The van der Waals surface area contributed by atoms with Gasteiger partial charge in [0.15, 0.2) is 11.5 Å². The fraction of sp³-hybridized carbons (Fsp3) is 0.300. The number of ether oxygens (including phenoxy) is 3. The Morgan fingerprint density at radius 2 is 1.52 bits per heavy atom. The molecule has 0 bridgehead atoms. The van der Waals surface area contributed by atoms with Crippen LogP contribution in [0.1, 0.15) is 19.5 Å². The maximum Gasteiger partial charge on any atom is 0.203 e. The van der Waals surface area contributed by atoms with Crippen LogP contribution < -0.4 is 19.5 Å². The van der Waals surface area contributed by atoms with E-state index in [1.54, 1.807) is 21.3 Å². The second-order valence-electron chi connectivity index (χ2n) is 5.15. The topological polar surface area (TPSA) is 55.5 Å². The van der Waals surface area contributed by atoms with Crippen molar-refractivity contribution >= 4 is 16.6 Å². The lowest BCUT2D eigenvalue weighted by Crippen LogP contribution is -2.02. The molecule has 0 amide bonds. The summed E-state index contributed by atoms with van der Waals surface area (Å²) in [6.07, 6.45) is 0. The monoisotopic (exact) mass is 342 g/mol. The number of aromatic nitrogens is 1. The molecule has 1 aromatic heterocycles. The number of hydrogen-bond acceptors (Lipinski definition) is 4. The van der Waals surface area contributed by atoms with Crippen molar-refractivity contribution in [1.29, 1.82) is 0 Å². The molecule has 2 N–H and O–H groups in total. The SMILES string of the molecule is CC.COc1cc(NCc2cc3ccccc3[nH]2)cc(OC)c1OC. The summed E-state index contributed by atoms with van der Waals surface area (Å²) in [5.41, 5.74) is 3.15. The van der Waals surface area contributed by atoms with Gasteiger partial charge in [0.25, 0.3) is 0 Å². The Morgan fingerprint density at radius 3 is 2.08 bits per heavy atom. The quantitative estimate of drug-likeness (QED) is 0.673. The zero-order valence-corrected chi connectivity index (χ0v) is 15.5. The summed E-state index contributed by atoms with van der Waals surface area (Å²) in [6.45, 7) is 4.67. The normalized spacial score (nSPS) is 9.96. The maximum atomic E-state index is 5.37. The Morgan fingerprint density at radius 1 is 0.880 bits per heavy atom. The first-order valence-electron chi connectivity index (χ1n) is 8.35. The number of anilines is 1. The number of nitrogens with one attached hydrogen (secondary N) is 2. The highest BCUT2D eigenvalue weighted by atomic mass is 16.5. The predicted molar refractivity (Wildman–Crippen MR) is 103 cm³/mol. The zero-order chi connectivity index (χ0) is 18.2. The molecule has 0 aliphatic rings. The molecule has 25 heavy (non-hydrogen) atoms. The van der Waals surface area contributed by atoms with Crippen molar-refractivity contribution in [3.8, 4) is 17.2 Å². The summed E-state index contributed by atoms with van der Waals surface area (Å²) in [5, 5.41) is 4.58. The minimum Gasteiger partial charge on any atom is -0.493 e. The van der Waals surface area contributed by atoms with Gasteiger partial charge in [-0.15, -0.1) is 0 Å². The molecule has 5 nitrogen and oxygen atoms in total. The van der Waals surface area contributed by atoms with Gasteiger partial charge in [-0.1, -0.05) is 32.0 Å². The Kier molecular flexibility index (Phi) is 6.57. The van der Waals surface area contributed by atoms with E-state index >= 15 is 0 Å². The first kappa shape index (κ1) is 18.5. The van der Waals surface area contributed by atoms with Crippen LogP contribution in [0, 0.1) is 0 Å². The lowest BCUT2D eigenvalue weighted by atomic mass is 10.2. The van der Waals surface area contributed by atoms with E-state index in [1.165, 1.54) is 5.39 Å². The van der Waals surface area contributed by atoms with Gasteiger partial charge in [0.1, 0.15) is 0 Å². The molecule has 3 aromatic rings. The molecular weight excluding hydrogens is 316 g/mol. The van der Waals surface area contributed by atoms with E-state index in [2.05, 4.69) is 28.5 Å². The molecule has 2 aromatic carbocycles. The van der Waals surface area contributed by atoms with Crippen molar-refractivity contribution < 1.29 is 14.2 Å². The first-order chi connectivity index (χ1) is 12.2. The number of aromatic amines is 1. The van der Waals surface area contributed by atoms with E-state index in [4.69, 9.17) is 14.2 Å². The van der Waals surface area contributed by atoms with E-state index in [1.807, 2.05) is 38.1 Å². The smallest absolute Gasteiger partial charge is 0.203 e. The molecule has 0 unspecified atom stereocenters. The molecule has 3 rings (SSSR count). The van der Waals surface area contributed by atoms with Crippen molar-refractivity contribution in [3.05, 3.63) is 48.2 Å². The Hall–Kier alpha value is -2.82. The highest BCUT2D eigenvalue weighted by molar-refractivity contribution is 5.80. The summed E-state index contributed by atoms with van der Waals surface area (Å²) in [6, 6.07) is 14.1. The van der Waals surface area contributed by atoms with Gasteiger partial charge in [-0.05, 0) is 17.5 Å². The van der Waals surface area contributed by atoms with Gasteiger partial charge in [-0.25, -0.2) is 0 Å². The third-order valence-corrected chi connectivity index (χ3v) is 3.73. The molecule has 0 radical (unpaired) electrons. The number of benzene rings is 2. The van der Waals surface area contributed by atoms with Crippen LogP contribution in [-0.2, 0) is 6.54 Å². The third kappa shape index (κ3) is 4.18. The second-order valence-corrected chi connectivity index (χ2v) is 5.15. The number of hydrogen-bond donors (Lipinski definition) is 2. The summed E-state index contributed by atoms with van der Waals surface area (Å²) in [4.78, 5) is 3.40. The first-order valence-corrected chi connectivity index (χ1v) is 8.35. The van der Waals surface area contributed by atoms with Gasteiger partial charge in [0, 0.05) is 29.0 Å². The highest BCUT2D eigenvalue weighted by Crippen LogP contribution is 2.40. The fourth-order valence-corrected chi connectivity index (χ4v) is 2.61. The number of rotatable bonds is 6. The van der Waals surface area contributed by atoms with Crippen LogP contribution in [-0.4, -0.2) is 26.3 Å². The highest BCUT2D eigenvalue weighted by Gasteiger charge is 2.13. The van der Waals surface area contributed by atoms with E-state index in [0.29, 0.717) is 23.8 Å². The summed E-state index contributed by atoms with van der Waals surface area (Å²) in [7, 11) is 4.81. The van der Waals surface area contributed by atoms with Gasteiger partial charge in [-0.3, -0.25) is 0 Å². The van der Waals surface area contributed by atoms with Crippen LogP contribution in [0.5, 0.6) is 17.2 Å². The van der Waals surface area contributed by atoms with Gasteiger partial charge < -0.3 is 24.5 Å². The van der Waals surface area contributed by atoms with Gasteiger partial charge >= 0.3 is 0 Å². The number of methoxy groups -OCH3 is 3. The van der Waals surface area contributed by atoms with Crippen molar-refractivity contribution in [1.82, 2.24) is 4.98 Å². The van der Waals surface area contributed by atoms with Crippen LogP contribution in [0.4, 0.5) is 5.69 Å². The summed E-state index contributed by atoms with van der Waals surface area (Å²) in [5.74, 6) is 1.85. The minimum atomic E-state index is 0.589. The molecule has 0 aliphatic carbocycles. The number of para-hydroxylation sites is 1. The Balaban J connectivity index is 0.00000109. The Bertz CT molecular complexity index is 754. The average molecular weight is 342 g/mol. The zero-order valence-electron chi connectivity index (χ0n) is 15.5. The maximum absolute atomic E-state index is 5.37. The van der Waals surface area contributed by atoms with Gasteiger partial charge in [0.2, 0.25) is 5.75 Å². The van der Waals surface area contributed by atoms with Crippen molar-refractivity contribution in [2.45, 2.75) is 20.4 Å². The molecule has 0 saturated heterocycles. The van der Waals surface area contributed by atoms with Gasteiger partial charge in [0.05, 0.1) is 27.9 Å². The lowest BCUT2D eigenvalue weighted by molar-refractivity contribution is 0.324. The molecule has 0 fully saturated rings. The summed E-state index contributed by atoms with van der Waals surface area (Å²) < 4.78 is 16.1. The standard InChI is InChI=1S/C18H20N2O3.C2H6/c1-21-16-9-13(10-17(22-2)18(16)23-3)19-11-14-8-12-6-4-5-7-15(12)20-14;1-2/h4-10,19-20H,11H2,1-3H3;1-2H3. The van der Waals surface area contributed by atoms with E-state index in [-0.39, 0.29) is 0 Å². The van der Waals surface area contributed by atoms with Crippen LogP contribution in [0.25, 0.3) is 10.9 Å². The lowest BCUT2D eigenvalue weighted by Gasteiger charge is -2.14. The molecule has 1 heterocycles. The average Bonchev–Trinajstić information content (AvgIpc) is 3.10. The molecular formula is C20H26N2O3. The predicted octanol–water partition coefficient (Wildman–Crippen LogP) is 4.83. The molecule has 134 valence electrons. The largest absolute Gasteiger partial charge is 0.493 e. The van der Waals surface area contributed by atoms with Crippen LogP contribution in [0.2, 0.25) is 0 Å². The van der Waals surface area contributed by atoms with E-state index in [0.717, 1.165) is 16.9 Å². The van der Waals surface area contributed by atoms with Crippen molar-refractivity contribution in [2.75, 3.05) is 26.6 Å². The minimum absolute atomic E-state index is 0.589. The second kappa shape index (κ2) is 8.87. The molecule has 0 aliphatic heterocycles. The number of fused-ring (bicyclic) bond motifs is 1. The molecule has 5 heteroatoms. The third-order valence-electron chi connectivity index (χ3n) is 3.73. The van der Waals surface area contributed by atoms with Crippen LogP contribution >= 0.6 is 0 Å². The Labute approximate surface area is 148 Å². The van der Waals surface area contributed by atoms with Crippen molar-refractivity contribution in [3.63, 3.8) is 0 Å². The van der Waals surface area contributed by atoms with E-state index in [9.17, 15) is 0 Å². The fourth-order valence-electron chi connectivity index (χ4n) is 2.61. The summed E-state index contributed by atoms with van der Waals surface area (Å²) >= 11 is 0. The molecule has 0 spiro atoms. The van der Waals surface area contributed by atoms with E-state index < -0.39 is 0 Å².